The molecule has 0 spiro atoms. The first-order valence-electron chi connectivity index (χ1n) is 7.14. The lowest BCUT2D eigenvalue weighted by Crippen LogP contribution is -2.55. The highest BCUT2D eigenvalue weighted by molar-refractivity contribution is 7.88. The maximum atomic E-state index is 11.8. The average molecular weight is 294 g/mol. The third-order valence-electron chi connectivity index (χ3n) is 5.08. The van der Waals surface area contributed by atoms with E-state index in [0.29, 0.717) is 13.1 Å². The first-order chi connectivity index (χ1) is 9.43. The van der Waals surface area contributed by atoms with Crippen molar-refractivity contribution in [2.24, 2.45) is 0 Å². The van der Waals surface area contributed by atoms with E-state index in [9.17, 15) is 8.42 Å². The number of sulfonamides is 1. The standard InChI is InChI=1S/C15H22N2O2S/c1-16-10-8-15(13-6-4-3-5-7-13)9-11-17(12-14(15)16)20(2,18)19/h3-7,14H,8-12H2,1-2H3/t14-,15-/m0/s1. The zero-order valence-electron chi connectivity index (χ0n) is 12.1. The van der Waals surface area contributed by atoms with Crippen LogP contribution in [0.5, 0.6) is 0 Å². The van der Waals surface area contributed by atoms with Crippen molar-refractivity contribution in [2.45, 2.75) is 24.3 Å². The summed E-state index contributed by atoms with van der Waals surface area (Å²) in [5, 5.41) is 0. The highest BCUT2D eigenvalue weighted by Gasteiger charge is 2.51. The molecule has 2 aliphatic rings. The van der Waals surface area contributed by atoms with Crippen LogP contribution < -0.4 is 0 Å². The van der Waals surface area contributed by atoms with Gasteiger partial charge in [-0.15, -0.1) is 0 Å². The molecule has 2 atom stereocenters. The molecule has 2 aliphatic heterocycles. The van der Waals surface area contributed by atoms with Gasteiger partial charge in [0.15, 0.2) is 0 Å². The maximum absolute atomic E-state index is 11.8. The lowest BCUT2D eigenvalue weighted by atomic mass is 9.70. The number of likely N-dealkylation sites (N-methyl/N-ethyl adjacent to an activating group) is 1. The van der Waals surface area contributed by atoms with E-state index in [0.717, 1.165) is 19.4 Å². The lowest BCUT2D eigenvalue weighted by molar-refractivity contribution is 0.147. The highest BCUT2D eigenvalue weighted by Crippen LogP contribution is 2.45. The summed E-state index contributed by atoms with van der Waals surface area (Å²) < 4.78 is 25.3. The van der Waals surface area contributed by atoms with Crippen LogP contribution >= 0.6 is 0 Å². The summed E-state index contributed by atoms with van der Waals surface area (Å²) in [6, 6.07) is 10.9. The Bertz CT molecular complexity index is 587. The van der Waals surface area contributed by atoms with Gasteiger partial charge in [0.1, 0.15) is 0 Å². The van der Waals surface area contributed by atoms with Crippen LogP contribution in [0.25, 0.3) is 0 Å². The minimum Gasteiger partial charge on any atom is -0.301 e. The van der Waals surface area contributed by atoms with Gasteiger partial charge in [-0.1, -0.05) is 30.3 Å². The summed E-state index contributed by atoms with van der Waals surface area (Å²) in [6.45, 7) is 2.29. The first kappa shape index (κ1) is 14.0. The Balaban J connectivity index is 1.97. The smallest absolute Gasteiger partial charge is 0.211 e. The Labute approximate surface area is 121 Å². The molecule has 2 heterocycles. The fourth-order valence-electron chi connectivity index (χ4n) is 3.89. The normalized spacial score (nSPS) is 32.2. The van der Waals surface area contributed by atoms with E-state index in [2.05, 4.69) is 36.2 Å². The molecule has 0 radical (unpaired) electrons. The van der Waals surface area contributed by atoms with Crippen LogP contribution in [-0.4, -0.2) is 56.6 Å². The summed E-state index contributed by atoms with van der Waals surface area (Å²) in [5.41, 5.74) is 1.49. The number of benzene rings is 1. The van der Waals surface area contributed by atoms with Gasteiger partial charge in [0.2, 0.25) is 10.0 Å². The highest BCUT2D eigenvalue weighted by atomic mass is 32.2. The molecule has 0 unspecified atom stereocenters. The second kappa shape index (κ2) is 4.83. The largest absolute Gasteiger partial charge is 0.301 e. The molecular formula is C15H22N2O2S. The van der Waals surface area contributed by atoms with Crippen molar-refractivity contribution in [3.05, 3.63) is 35.9 Å². The summed E-state index contributed by atoms with van der Waals surface area (Å²) in [5.74, 6) is 0. The second-order valence-electron chi connectivity index (χ2n) is 6.14. The number of fused-ring (bicyclic) bond motifs is 1. The van der Waals surface area contributed by atoms with E-state index >= 15 is 0 Å². The molecule has 0 saturated carbocycles. The van der Waals surface area contributed by atoms with E-state index < -0.39 is 10.0 Å². The number of rotatable bonds is 2. The van der Waals surface area contributed by atoms with Crippen molar-refractivity contribution < 1.29 is 8.42 Å². The molecule has 0 N–H and O–H groups in total. The number of hydrogen-bond donors (Lipinski definition) is 0. The molecule has 5 heteroatoms. The van der Waals surface area contributed by atoms with Gasteiger partial charge in [-0.05, 0) is 32.0 Å². The molecular weight excluding hydrogens is 272 g/mol. The van der Waals surface area contributed by atoms with Gasteiger partial charge in [-0.2, -0.15) is 0 Å². The lowest BCUT2D eigenvalue weighted by Gasteiger charge is -2.45. The van der Waals surface area contributed by atoms with Crippen molar-refractivity contribution >= 4 is 10.0 Å². The van der Waals surface area contributed by atoms with Gasteiger partial charge in [0, 0.05) is 24.5 Å². The third kappa shape index (κ3) is 2.18. The van der Waals surface area contributed by atoms with Gasteiger partial charge in [0.05, 0.1) is 6.26 Å². The van der Waals surface area contributed by atoms with Crippen LogP contribution in [0.1, 0.15) is 18.4 Å². The zero-order chi connectivity index (χ0) is 14.4. The molecule has 1 aromatic rings. The minimum atomic E-state index is -3.09. The fourth-order valence-corrected chi connectivity index (χ4v) is 4.72. The van der Waals surface area contributed by atoms with Gasteiger partial charge in [0.25, 0.3) is 0 Å². The van der Waals surface area contributed by atoms with Crippen molar-refractivity contribution in [1.29, 1.82) is 0 Å². The van der Waals surface area contributed by atoms with Crippen LogP contribution in [0, 0.1) is 0 Å². The van der Waals surface area contributed by atoms with E-state index in [1.165, 1.54) is 11.8 Å². The van der Waals surface area contributed by atoms with Crippen molar-refractivity contribution in [3.63, 3.8) is 0 Å². The Morgan fingerprint density at radius 3 is 2.45 bits per heavy atom. The predicted octanol–water partition coefficient (Wildman–Crippen LogP) is 1.29. The number of likely N-dealkylation sites (tertiary alicyclic amines) is 1. The van der Waals surface area contributed by atoms with Crippen LogP contribution in [0.3, 0.4) is 0 Å². The summed E-state index contributed by atoms with van der Waals surface area (Å²) in [6.07, 6.45) is 3.35. The molecule has 4 nitrogen and oxygen atoms in total. The monoisotopic (exact) mass is 294 g/mol. The van der Waals surface area contributed by atoms with Crippen LogP contribution in [0.2, 0.25) is 0 Å². The van der Waals surface area contributed by atoms with Crippen LogP contribution in [0.4, 0.5) is 0 Å². The maximum Gasteiger partial charge on any atom is 0.211 e. The van der Waals surface area contributed by atoms with E-state index in [1.807, 2.05) is 6.07 Å². The molecule has 20 heavy (non-hydrogen) atoms. The quantitative estimate of drug-likeness (QED) is 0.825. The molecule has 0 aromatic heterocycles. The van der Waals surface area contributed by atoms with Crippen LogP contribution in [-0.2, 0) is 15.4 Å². The van der Waals surface area contributed by atoms with Gasteiger partial charge < -0.3 is 4.90 Å². The first-order valence-corrected chi connectivity index (χ1v) is 8.99. The van der Waals surface area contributed by atoms with Gasteiger partial charge in [-0.3, -0.25) is 0 Å². The Hall–Kier alpha value is -0.910. The van der Waals surface area contributed by atoms with Crippen molar-refractivity contribution in [2.75, 3.05) is 32.9 Å². The summed E-state index contributed by atoms with van der Waals surface area (Å²) in [7, 11) is -0.978. The molecule has 3 rings (SSSR count). The molecule has 0 bridgehead atoms. The summed E-state index contributed by atoms with van der Waals surface area (Å²) >= 11 is 0. The Morgan fingerprint density at radius 1 is 1.15 bits per heavy atom. The van der Waals surface area contributed by atoms with Crippen molar-refractivity contribution in [1.82, 2.24) is 9.21 Å². The van der Waals surface area contributed by atoms with Gasteiger partial charge >= 0.3 is 0 Å². The third-order valence-corrected chi connectivity index (χ3v) is 6.35. The fraction of sp³-hybridized carbons (Fsp3) is 0.600. The van der Waals surface area contributed by atoms with Gasteiger partial charge in [-0.25, -0.2) is 12.7 Å². The predicted molar refractivity (Wildman–Crippen MR) is 80.2 cm³/mol. The number of piperidine rings is 1. The molecule has 2 saturated heterocycles. The topological polar surface area (TPSA) is 40.6 Å². The average Bonchev–Trinajstić information content (AvgIpc) is 2.77. The summed E-state index contributed by atoms with van der Waals surface area (Å²) in [4.78, 5) is 2.32. The molecule has 110 valence electrons. The molecule has 1 aromatic carbocycles. The SMILES string of the molecule is CN1CC[C@@]2(c3ccccc3)CCN(S(C)(=O)=O)C[C@H]12. The zero-order valence-corrected chi connectivity index (χ0v) is 12.9. The molecule has 0 aliphatic carbocycles. The second-order valence-corrected chi connectivity index (χ2v) is 8.12. The van der Waals surface area contributed by atoms with Crippen LogP contribution in [0.15, 0.2) is 30.3 Å². The van der Waals surface area contributed by atoms with Crippen molar-refractivity contribution in [3.8, 4) is 0 Å². The van der Waals surface area contributed by atoms with E-state index in [4.69, 9.17) is 0 Å². The minimum absolute atomic E-state index is 0.122. The number of nitrogens with zero attached hydrogens (tertiary/aromatic N) is 2. The van der Waals surface area contributed by atoms with E-state index in [1.54, 1.807) is 4.31 Å². The Morgan fingerprint density at radius 2 is 1.80 bits per heavy atom. The molecule has 0 amide bonds. The molecule has 2 fully saturated rings. The Kier molecular flexibility index (Phi) is 3.39. The number of hydrogen-bond acceptors (Lipinski definition) is 3. The van der Waals surface area contributed by atoms with E-state index in [-0.39, 0.29) is 11.5 Å².